The molecule has 1 aromatic rings. The maximum atomic E-state index is 13.7. The maximum Gasteiger partial charge on any atom is 0.421 e. The Morgan fingerprint density at radius 2 is 1.51 bits per heavy atom. The smallest absolute Gasteiger partial charge is 0.421 e. The monoisotopic (exact) mass is 524 g/mol. The Morgan fingerprint density at radius 1 is 1.00 bits per heavy atom. The van der Waals surface area contributed by atoms with Crippen molar-refractivity contribution in [2.75, 3.05) is 11.5 Å². The van der Waals surface area contributed by atoms with E-state index in [1.807, 2.05) is 0 Å². The Kier molecular flexibility index (Phi) is 9.78. The molecule has 0 bridgehead atoms. The molecule has 0 aromatic heterocycles. The van der Waals surface area contributed by atoms with Crippen molar-refractivity contribution >= 4 is 21.8 Å². The zero-order valence-electron chi connectivity index (χ0n) is 20.8. The predicted octanol–water partition coefficient (Wildman–Crippen LogP) is 4.50. The third kappa shape index (κ3) is 10.4. The second kappa shape index (κ2) is 11.2. The molecule has 200 valence electrons. The van der Waals surface area contributed by atoms with Gasteiger partial charge in [0.05, 0.1) is 0 Å². The van der Waals surface area contributed by atoms with E-state index in [0.29, 0.717) is 0 Å². The molecule has 0 aliphatic rings. The molecule has 8 nitrogen and oxygen atoms in total. The molecule has 0 aliphatic carbocycles. The number of alkyl halides is 3. The van der Waals surface area contributed by atoms with Crippen LogP contribution in [0.25, 0.3) is 0 Å². The first-order valence-corrected chi connectivity index (χ1v) is 12.9. The van der Waals surface area contributed by atoms with Crippen LogP contribution in [-0.4, -0.2) is 56.3 Å². The van der Waals surface area contributed by atoms with Crippen LogP contribution in [0.2, 0.25) is 0 Å². The summed E-state index contributed by atoms with van der Waals surface area (Å²) in [5.41, 5.74) is -5.50. The van der Waals surface area contributed by atoms with E-state index in [-0.39, 0.29) is 6.42 Å². The normalized spacial score (nSPS) is 17.0. The van der Waals surface area contributed by atoms with Gasteiger partial charge in [0, 0.05) is 27.7 Å². The molecular weight excluding hydrogens is 489 g/mol. The average molecular weight is 525 g/mol. The molecule has 0 fully saturated rings. The number of aliphatic hydroxyl groups is 1. The molecule has 0 aliphatic heterocycles. The van der Waals surface area contributed by atoms with Gasteiger partial charge in [0.15, 0.2) is 5.60 Å². The van der Waals surface area contributed by atoms with Gasteiger partial charge in [-0.3, -0.25) is 4.78 Å². The van der Waals surface area contributed by atoms with E-state index in [0.717, 1.165) is 12.1 Å². The van der Waals surface area contributed by atoms with Crippen LogP contribution < -0.4 is 5.32 Å². The Bertz CT molecular complexity index is 970. The van der Waals surface area contributed by atoms with Gasteiger partial charge in [-0.15, -0.1) is 0 Å². The summed E-state index contributed by atoms with van der Waals surface area (Å²) >= 11 is 0. The molecule has 1 aromatic carbocycles. The minimum absolute atomic E-state index is 0.341. The first-order chi connectivity index (χ1) is 15.7. The van der Waals surface area contributed by atoms with E-state index in [1.165, 1.54) is 18.2 Å². The van der Waals surface area contributed by atoms with Crippen LogP contribution in [0.5, 0.6) is 0 Å². The van der Waals surface area contributed by atoms with Crippen molar-refractivity contribution in [3.05, 3.63) is 35.9 Å². The van der Waals surface area contributed by atoms with Gasteiger partial charge >= 0.3 is 18.2 Å². The topological polar surface area (TPSA) is 126 Å². The number of amides is 1. The number of halogens is 3. The standard InChI is InChI=1S/C23H35F3N2O6S/c1-20(2,3)33-18(29)17(28-19(30)34-21(4,5)6)12-14-35(27,32)15-13-22(31,23(24,25)26)16-10-8-7-9-11-16/h7-11,17,27,31H,12-15H2,1-6H3,(H,28,30)/t17-,22?,35?/m0/s1. The van der Waals surface area contributed by atoms with Gasteiger partial charge in [0.2, 0.25) is 0 Å². The number of hydrogen-bond acceptors (Lipinski definition) is 7. The fourth-order valence-corrected chi connectivity index (χ4v) is 4.40. The summed E-state index contributed by atoms with van der Waals surface area (Å²) in [6.45, 7) is 9.64. The summed E-state index contributed by atoms with van der Waals surface area (Å²) in [7, 11) is -3.69. The lowest BCUT2D eigenvalue weighted by Crippen LogP contribution is -2.47. The number of benzene rings is 1. The maximum absolute atomic E-state index is 13.7. The first-order valence-electron chi connectivity index (χ1n) is 11.0. The second-order valence-corrected chi connectivity index (χ2v) is 12.7. The van der Waals surface area contributed by atoms with Crippen molar-refractivity contribution in [1.29, 1.82) is 4.78 Å². The van der Waals surface area contributed by atoms with Crippen molar-refractivity contribution in [3.63, 3.8) is 0 Å². The highest BCUT2D eigenvalue weighted by molar-refractivity contribution is 7.92. The van der Waals surface area contributed by atoms with E-state index >= 15 is 0 Å². The molecule has 2 unspecified atom stereocenters. The van der Waals surface area contributed by atoms with E-state index in [4.69, 9.17) is 14.3 Å². The summed E-state index contributed by atoms with van der Waals surface area (Å²) in [6, 6.07) is 5.01. The third-order valence-corrected chi connectivity index (χ3v) is 6.39. The van der Waals surface area contributed by atoms with Crippen molar-refractivity contribution < 1.29 is 41.5 Å². The van der Waals surface area contributed by atoms with Crippen LogP contribution in [0, 0.1) is 4.78 Å². The Balaban J connectivity index is 3.00. The van der Waals surface area contributed by atoms with Crippen molar-refractivity contribution in [3.8, 4) is 0 Å². The van der Waals surface area contributed by atoms with Gasteiger partial charge in [0.25, 0.3) is 0 Å². The lowest BCUT2D eigenvalue weighted by atomic mass is 9.90. The van der Waals surface area contributed by atoms with Crippen LogP contribution >= 0.6 is 0 Å². The van der Waals surface area contributed by atoms with Crippen LogP contribution in [0.15, 0.2) is 30.3 Å². The summed E-state index contributed by atoms with van der Waals surface area (Å²) < 4.78 is 72.3. The van der Waals surface area contributed by atoms with E-state index in [9.17, 15) is 32.1 Å². The molecule has 0 spiro atoms. The summed E-state index contributed by atoms with van der Waals surface area (Å²) in [5.74, 6) is -2.17. The van der Waals surface area contributed by atoms with E-state index < -0.39 is 74.3 Å². The summed E-state index contributed by atoms with van der Waals surface area (Å²) in [5, 5.41) is 12.7. The summed E-state index contributed by atoms with van der Waals surface area (Å²) in [6.07, 6.45) is -7.37. The minimum atomic E-state index is -5.07. The number of carbonyl (C=O) groups excluding carboxylic acids is 2. The predicted molar refractivity (Wildman–Crippen MR) is 125 cm³/mol. The number of ether oxygens (including phenoxy) is 2. The molecule has 0 saturated carbocycles. The highest BCUT2D eigenvalue weighted by Crippen LogP contribution is 2.41. The molecule has 3 N–H and O–H groups in total. The molecular formula is C23H35F3N2O6S. The Labute approximate surface area is 204 Å². The number of hydrogen-bond donors (Lipinski definition) is 3. The van der Waals surface area contributed by atoms with E-state index in [1.54, 1.807) is 41.5 Å². The molecule has 0 radical (unpaired) electrons. The van der Waals surface area contributed by atoms with E-state index in [2.05, 4.69) is 5.32 Å². The highest BCUT2D eigenvalue weighted by Gasteiger charge is 2.54. The number of esters is 1. The van der Waals surface area contributed by atoms with Gasteiger partial charge in [-0.05, 0) is 53.5 Å². The van der Waals surface area contributed by atoms with Gasteiger partial charge in [-0.25, -0.2) is 13.8 Å². The zero-order valence-corrected chi connectivity index (χ0v) is 21.6. The number of carbonyl (C=O) groups is 2. The van der Waals surface area contributed by atoms with Crippen molar-refractivity contribution in [1.82, 2.24) is 5.32 Å². The molecule has 1 rings (SSSR count). The third-order valence-electron chi connectivity index (χ3n) is 4.63. The van der Waals surface area contributed by atoms with Gasteiger partial charge in [0.1, 0.15) is 17.2 Å². The lowest BCUT2D eigenvalue weighted by molar-refractivity contribution is -0.267. The second-order valence-electron chi connectivity index (χ2n) is 10.2. The molecule has 3 atom stereocenters. The molecule has 12 heteroatoms. The molecule has 0 heterocycles. The SMILES string of the molecule is CC(C)(C)OC(=O)N[C@@H](CCS(=N)(=O)CCC(O)(c1ccccc1)C(F)(F)F)C(=O)OC(C)(C)C. The number of rotatable bonds is 9. The van der Waals surface area contributed by atoms with Crippen LogP contribution in [-0.2, 0) is 29.6 Å². The van der Waals surface area contributed by atoms with Gasteiger partial charge < -0.3 is 19.9 Å². The average Bonchev–Trinajstić information content (AvgIpc) is 2.66. The largest absolute Gasteiger partial charge is 0.458 e. The number of nitrogens with one attached hydrogen (secondary N) is 2. The highest BCUT2D eigenvalue weighted by atomic mass is 32.2. The molecule has 1 amide bonds. The van der Waals surface area contributed by atoms with Crippen LogP contribution in [0.4, 0.5) is 18.0 Å². The number of alkyl carbamates (subject to hydrolysis) is 1. The Hall–Kier alpha value is -2.34. The first kappa shape index (κ1) is 30.7. The molecule has 35 heavy (non-hydrogen) atoms. The summed E-state index contributed by atoms with van der Waals surface area (Å²) in [4.78, 5) is 24.7. The fraction of sp³-hybridized carbons (Fsp3) is 0.652. The fourth-order valence-electron chi connectivity index (χ4n) is 2.96. The molecule has 0 saturated heterocycles. The minimum Gasteiger partial charge on any atom is -0.458 e. The van der Waals surface area contributed by atoms with Gasteiger partial charge in [-0.1, -0.05) is 30.3 Å². The van der Waals surface area contributed by atoms with Crippen LogP contribution in [0.3, 0.4) is 0 Å². The van der Waals surface area contributed by atoms with Crippen molar-refractivity contribution in [2.24, 2.45) is 0 Å². The Morgan fingerprint density at radius 3 is 1.97 bits per heavy atom. The van der Waals surface area contributed by atoms with Crippen LogP contribution in [0.1, 0.15) is 59.9 Å². The zero-order chi connectivity index (χ0) is 27.3. The van der Waals surface area contributed by atoms with Gasteiger partial charge in [-0.2, -0.15) is 13.2 Å². The quantitative estimate of drug-likeness (QED) is 0.409. The lowest BCUT2D eigenvalue weighted by Gasteiger charge is -2.31. The van der Waals surface area contributed by atoms with Crippen molar-refractivity contribution in [2.45, 2.75) is 83.4 Å².